The van der Waals surface area contributed by atoms with Gasteiger partial charge in [-0.3, -0.25) is 0 Å². The van der Waals surface area contributed by atoms with Crippen LogP contribution in [0.4, 0.5) is 22.7 Å². The van der Waals surface area contributed by atoms with E-state index < -0.39 is 48.0 Å². The number of hydrogen-bond acceptors (Lipinski definition) is 18. The van der Waals surface area contributed by atoms with Gasteiger partial charge in [0.2, 0.25) is 12.2 Å². The SMILES string of the molecule is C=CC(=O)OCCCCOc1ccc(N=Nc2ccc(OC(=O)C(OC(=O)c3ccc(C)cc3)C(OC(=O)c3ccc(C)cc3)C(=O)Oc3ccc(N=Nc4ccc(OCCCCOC(=O)C=C)cc4)cc3)cc2)cc1. The third-order valence-electron chi connectivity index (χ3n) is 10.6. The molecule has 0 amide bonds. The number of unbranched alkanes of at least 4 members (excludes halogenated alkanes) is 2. The molecular formula is C58H54N4O14. The Morgan fingerprint density at radius 3 is 1.00 bits per heavy atom. The highest BCUT2D eigenvalue weighted by atomic mass is 16.6. The molecule has 0 aliphatic carbocycles. The van der Waals surface area contributed by atoms with E-state index in [2.05, 4.69) is 33.6 Å². The average Bonchev–Trinajstić information content (AvgIpc) is 3.44. The minimum atomic E-state index is -2.19. The highest BCUT2D eigenvalue weighted by Gasteiger charge is 2.44. The molecule has 76 heavy (non-hydrogen) atoms. The van der Waals surface area contributed by atoms with Crippen molar-refractivity contribution in [2.24, 2.45) is 20.5 Å². The third-order valence-corrected chi connectivity index (χ3v) is 10.6. The third kappa shape index (κ3) is 18.5. The predicted octanol–water partition coefficient (Wildman–Crippen LogP) is 11.9. The summed E-state index contributed by atoms with van der Waals surface area (Å²) in [6.07, 6.45) is 0.473. The van der Waals surface area contributed by atoms with Gasteiger partial charge in [0.05, 0.1) is 60.3 Å². The van der Waals surface area contributed by atoms with Crippen molar-refractivity contribution in [2.45, 2.75) is 51.7 Å². The zero-order valence-electron chi connectivity index (χ0n) is 41.7. The highest BCUT2D eigenvalue weighted by Crippen LogP contribution is 2.27. The van der Waals surface area contributed by atoms with Gasteiger partial charge >= 0.3 is 35.8 Å². The maximum absolute atomic E-state index is 14.2. The zero-order chi connectivity index (χ0) is 54.1. The van der Waals surface area contributed by atoms with E-state index >= 15 is 0 Å². The molecule has 0 saturated carbocycles. The molecule has 0 spiro atoms. The number of azo groups is 2. The van der Waals surface area contributed by atoms with Gasteiger partial charge in [0, 0.05) is 12.2 Å². The Hall–Kier alpha value is -9.58. The van der Waals surface area contributed by atoms with E-state index in [4.69, 9.17) is 37.9 Å². The Labute approximate surface area is 438 Å². The normalized spacial score (nSPS) is 11.7. The number of carbonyl (C=O) groups is 6. The summed E-state index contributed by atoms with van der Waals surface area (Å²) >= 11 is 0. The number of benzene rings is 6. The molecule has 2 atom stereocenters. The van der Waals surface area contributed by atoms with Gasteiger partial charge in [-0.05, 0) is 161 Å². The standard InChI is InChI=1S/C58H54N4O14/c1-5-51(63)71-37-9-7-35-69-47-27-19-43(20-28-47)59-61-45-23-31-49(32-24-45)73-57(67)53(75-55(65)41-15-11-39(3)12-16-41)54(76-56(66)42-17-13-40(4)14-18-42)58(68)74-50-33-25-46(26-34-50)62-60-44-21-29-48(30-22-44)70-36-8-10-38-72-52(64)6-2/h5-6,11-34,53-54H,1-2,7-10,35-38H2,3-4H3. The predicted molar refractivity (Wildman–Crippen MR) is 278 cm³/mol. The zero-order valence-corrected chi connectivity index (χ0v) is 41.7. The molecule has 0 aliphatic heterocycles. The Balaban J connectivity index is 1.13. The molecule has 0 saturated heterocycles. The second-order valence-corrected chi connectivity index (χ2v) is 16.5. The Kier molecular flexibility index (Phi) is 21.4. The first-order valence-corrected chi connectivity index (χ1v) is 23.9. The van der Waals surface area contributed by atoms with Crippen LogP contribution < -0.4 is 18.9 Å². The second-order valence-electron chi connectivity index (χ2n) is 16.5. The number of ether oxygens (including phenoxy) is 8. The van der Waals surface area contributed by atoms with Crippen LogP contribution in [0, 0.1) is 13.8 Å². The van der Waals surface area contributed by atoms with Crippen LogP contribution in [0.15, 0.2) is 191 Å². The van der Waals surface area contributed by atoms with Gasteiger partial charge in [-0.1, -0.05) is 48.6 Å². The van der Waals surface area contributed by atoms with Gasteiger partial charge in [0.1, 0.15) is 23.0 Å². The summed E-state index contributed by atoms with van der Waals surface area (Å²) in [6.45, 7) is 11.8. The van der Waals surface area contributed by atoms with E-state index in [1.54, 1.807) is 72.8 Å². The molecule has 0 aromatic heterocycles. The molecule has 6 aromatic carbocycles. The number of carbonyl (C=O) groups excluding carboxylic acids is 6. The minimum absolute atomic E-state index is 0.0319. The second kappa shape index (κ2) is 29.2. The molecule has 6 rings (SSSR count). The summed E-state index contributed by atoms with van der Waals surface area (Å²) < 4.78 is 44.1. The van der Waals surface area contributed by atoms with Gasteiger partial charge < -0.3 is 37.9 Å². The van der Waals surface area contributed by atoms with Gasteiger partial charge in [0.25, 0.3) is 0 Å². The maximum atomic E-state index is 14.2. The molecule has 0 N–H and O–H groups in total. The largest absolute Gasteiger partial charge is 0.494 e. The van der Waals surface area contributed by atoms with Crippen molar-refractivity contribution in [3.8, 4) is 23.0 Å². The van der Waals surface area contributed by atoms with E-state index in [9.17, 15) is 28.8 Å². The van der Waals surface area contributed by atoms with Gasteiger partial charge in [-0.2, -0.15) is 20.5 Å². The van der Waals surface area contributed by atoms with Gasteiger partial charge in [0.15, 0.2) is 0 Å². The van der Waals surface area contributed by atoms with Crippen LogP contribution in [0.5, 0.6) is 23.0 Å². The van der Waals surface area contributed by atoms with Crippen LogP contribution in [-0.2, 0) is 38.1 Å². The van der Waals surface area contributed by atoms with Crippen LogP contribution in [0.2, 0.25) is 0 Å². The lowest BCUT2D eigenvalue weighted by Gasteiger charge is -2.24. The molecule has 18 nitrogen and oxygen atoms in total. The van der Waals surface area contributed by atoms with E-state index in [-0.39, 0.29) is 35.8 Å². The maximum Gasteiger partial charge on any atom is 0.357 e. The number of nitrogens with zero attached hydrogens (tertiary/aromatic N) is 4. The van der Waals surface area contributed by atoms with E-state index in [0.717, 1.165) is 23.3 Å². The van der Waals surface area contributed by atoms with Crippen LogP contribution in [-0.4, -0.2) is 74.5 Å². The molecule has 0 heterocycles. The molecule has 0 bridgehead atoms. The van der Waals surface area contributed by atoms with Gasteiger partial charge in [-0.25, -0.2) is 28.8 Å². The smallest absolute Gasteiger partial charge is 0.357 e. The van der Waals surface area contributed by atoms with Crippen molar-refractivity contribution in [3.05, 3.63) is 193 Å². The molecule has 18 heteroatoms. The van der Waals surface area contributed by atoms with Crippen LogP contribution in [0.1, 0.15) is 57.5 Å². The fourth-order valence-corrected chi connectivity index (χ4v) is 6.42. The lowest BCUT2D eigenvalue weighted by Crippen LogP contribution is -2.49. The monoisotopic (exact) mass is 1030 g/mol. The van der Waals surface area contributed by atoms with Crippen molar-refractivity contribution < 1.29 is 66.7 Å². The fraction of sp³-hybridized carbons (Fsp3) is 0.207. The molecule has 390 valence electrons. The number of esters is 6. The number of rotatable bonds is 27. The lowest BCUT2D eigenvalue weighted by atomic mass is 10.1. The summed E-state index contributed by atoms with van der Waals surface area (Å²) in [5.41, 5.74) is 3.56. The van der Waals surface area contributed by atoms with Crippen molar-refractivity contribution in [1.29, 1.82) is 0 Å². The first-order chi connectivity index (χ1) is 36.8. The van der Waals surface area contributed by atoms with Gasteiger partial charge in [-0.15, -0.1) is 0 Å². The van der Waals surface area contributed by atoms with Crippen LogP contribution >= 0.6 is 0 Å². The number of aryl methyl sites for hydroxylation is 2. The number of hydrogen-bond donors (Lipinski definition) is 0. The Morgan fingerprint density at radius 2 is 0.697 bits per heavy atom. The average molecular weight is 1030 g/mol. The lowest BCUT2D eigenvalue weighted by molar-refractivity contribution is -0.163. The fourth-order valence-electron chi connectivity index (χ4n) is 6.42. The van der Waals surface area contributed by atoms with Crippen LogP contribution in [0.3, 0.4) is 0 Å². The molecule has 0 fully saturated rings. The van der Waals surface area contributed by atoms with Crippen molar-refractivity contribution in [1.82, 2.24) is 0 Å². The molecule has 0 aliphatic rings. The summed E-state index contributed by atoms with van der Waals surface area (Å²) in [7, 11) is 0. The topological polar surface area (TPSA) is 226 Å². The molecule has 6 aromatic rings. The minimum Gasteiger partial charge on any atom is -0.494 e. The van der Waals surface area contributed by atoms with Crippen LogP contribution in [0.25, 0.3) is 0 Å². The first-order valence-electron chi connectivity index (χ1n) is 23.9. The molecular weight excluding hydrogens is 977 g/mol. The van der Waals surface area contributed by atoms with Crippen molar-refractivity contribution >= 4 is 58.6 Å². The molecule has 0 radical (unpaired) electrons. The summed E-state index contributed by atoms with van der Waals surface area (Å²) in [5.74, 6) is -4.37. The van der Waals surface area contributed by atoms with E-state index in [0.29, 0.717) is 73.1 Å². The first kappa shape index (κ1) is 55.7. The summed E-state index contributed by atoms with van der Waals surface area (Å²) in [6, 6.07) is 38.0. The summed E-state index contributed by atoms with van der Waals surface area (Å²) in [5, 5.41) is 17.0. The van der Waals surface area contributed by atoms with Crippen molar-refractivity contribution in [3.63, 3.8) is 0 Å². The van der Waals surface area contributed by atoms with E-state index in [1.807, 2.05) is 13.8 Å². The Bertz CT molecular complexity index is 2770. The van der Waals surface area contributed by atoms with Crippen molar-refractivity contribution in [2.75, 3.05) is 26.4 Å². The quantitative estimate of drug-likeness (QED) is 0.0117. The molecule has 2 unspecified atom stereocenters. The Morgan fingerprint density at radius 1 is 0.408 bits per heavy atom. The highest BCUT2D eigenvalue weighted by molar-refractivity contribution is 5.97. The summed E-state index contributed by atoms with van der Waals surface area (Å²) in [4.78, 5) is 78.1. The van der Waals surface area contributed by atoms with E-state index in [1.165, 1.54) is 72.8 Å².